The maximum absolute atomic E-state index is 10.5. The molecule has 1 N–H and O–H groups in total. The SMILES string of the molecule is CC(CC(C)(C)S)S(=O)(=O)O. The molecule has 5 heteroatoms. The van der Waals surface area contributed by atoms with Crippen molar-refractivity contribution < 1.29 is 13.0 Å². The predicted octanol–water partition coefficient (Wildman–Crippen LogP) is 1.36. The van der Waals surface area contributed by atoms with Gasteiger partial charge in [0.2, 0.25) is 0 Å². The Labute approximate surface area is 73.3 Å². The van der Waals surface area contributed by atoms with Crippen LogP contribution in [0.3, 0.4) is 0 Å². The molecule has 0 amide bonds. The summed E-state index contributed by atoms with van der Waals surface area (Å²) in [5, 5.41) is -0.741. The summed E-state index contributed by atoms with van der Waals surface area (Å²) in [4.78, 5) is 0. The molecule has 0 radical (unpaired) electrons. The summed E-state index contributed by atoms with van der Waals surface area (Å²) in [7, 11) is -3.88. The zero-order valence-electron chi connectivity index (χ0n) is 6.90. The van der Waals surface area contributed by atoms with Gasteiger partial charge in [0.15, 0.2) is 0 Å². The molecule has 0 aliphatic rings. The summed E-state index contributed by atoms with van der Waals surface area (Å²) in [6.45, 7) is 5.07. The van der Waals surface area contributed by atoms with Crippen LogP contribution in [0.2, 0.25) is 0 Å². The van der Waals surface area contributed by atoms with Gasteiger partial charge in [-0.2, -0.15) is 21.0 Å². The predicted molar refractivity (Wildman–Crippen MR) is 48.7 cm³/mol. The van der Waals surface area contributed by atoms with Crippen molar-refractivity contribution >= 4 is 22.7 Å². The molecule has 0 aliphatic heterocycles. The molecule has 1 unspecified atom stereocenters. The Balaban J connectivity index is 4.22. The Morgan fingerprint density at radius 2 is 1.91 bits per heavy atom. The van der Waals surface area contributed by atoms with Gasteiger partial charge >= 0.3 is 0 Å². The third-order valence-corrected chi connectivity index (χ3v) is 2.66. The summed E-state index contributed by atoms with van der Waals surface area (Å²) < 4.78 is 29.3. The van der Waals surface area contributed by atoms with Gasteiger partial charge in [-0.05, 0) is 13.3 Å². The van der Waals surface area contributed by atoms with Crippen LogP contribution in [0.4, 0.5) is 0 Å². The van der Waals surface area contributed by atoms with E-state index in [9.17, 15) is 8.42 Å². The van der Waals surface area contributed by atoms with Crippen LogP contribution in [0.25, 0.3) is 0 Å². The lowest BCUT2D eigenvalue weighted by Gasteiger charge is -2.19. The molecule has 0 heterocycles. The van der Waals surface area contributed by atoms with Gasteiger partial charge < -0.3 is 0 Å². The zero-order valence-corrected chi connectivity index (χ0v) is 8.61. The normalized spacial score (nSPS) is 16.5. The number of thiol groups is 1. The average Bonchev–Trinajstić information content (AvgIpc) is 1.56. The van der Waals surface area contributed by atoms with Crippen molar-refractivity contribution in [2.75, 3.05) is 0 Å². The van der Waals surface area contributed by atoms with Gasteiger partial charge in [-0.15, -0.1) is 0 Å². The van der Waals surface area contributed by atoms with E-state index in [1.54, 1.807) is 13.8 Å². The third kappa shape index (κ3) is 5.52. The van der Waals surface area contributed by atoms with Gasteiger partial charge in [-0.1, -0.05) is 13.8 Å². The first-order valence-electron chi connectivity index (χ1n) is 3.31. The number of hydrogen-bond donors (Lipinski definition) is 2. The fraction of sp³-hybridized carbons (Fsp3) is 1.00. The minimum absolute atomic E-state index is 0.342. The van der Waals surface area contributed by atoms with E-state index in [2.05, 4.69) is 12.6 Å². The molecule has 0 aromatic heterocycles. The van der Waals surface area contributed by atoms with E-state index in [4.69, 9.17) is 4.55 Å². The lowest BCUT2D eigenvalue weighted by molar-refractivity contribution is 0.458. The Kier molecular flexibility index (Phi) is 3.41. The largest absolute Gasteiger partial charge is 0.285 e. The lowest BCUT2D eigenvalue weighted by atomic mass is 10.1. The van der Waals surface area contributed by atoms with Crippen LogP contribution in [0, 0.1) is 0 Å². The maximum Gasteiger partial charge on any atom is 0.267 e. The molecule has 0 rings (SSSR count). The second-order valence-corrected chi connectivity index (χ2v) is 6.39. The first kappa shape index (κ1) is 11.3. The fourth-order valence-corrected chi connectivity index (χ4v) is 1.83. The highest BCUT2D eigenvalue weighted by molar-refractivity contribution is 7.86. The van der Waals surface area contributed by atoms with Gasteiger partial charge in [0, 0.05) is 4.75 Å². The minimum Gasteiger partial charge on any atom is -0.285 e. The molecular formula is C6H14O3S2. The molecule has 0 fully saturated rings. The van der Waals surface area contributed by atoms with E-state index in [0.717, 1.165) is 0 Å². The van der Waals surface area contributed by atoms with E-state index in [0.29, 0.717) is 6.42 Å². The number of hydrogen-bond acceptors (Lipinski definition) is 3. The second-order valence-electron chi connectivity index (χ2n) is 3.34. The topological polar surface area (TPSA) is 54.4 Å². The van der Waals surface area contributed by atoms with Crippen LogP contribution in [0.15, 0.2) is 0 Å². The molecule has 0 aromatic carbocycles. The Morgan fingerprint density at radius 3 is 2.00 bits per heavy atom. The smallest absolute Gasteiger partial charge is 0.267 e. The monoisotopic (exact) mass is 198 g/mol. The van der Waals surface area contributed by atoms with E-state index in [-0.39, 0.29) is 4.75 Å². The molecule has 3 nitrogen and oxygen atoms in total. The summed E-state index contributed by atoms with van der Waals surface area (Å²) >= 11 is 4.15. The van der Waals surface area contributed by atoms with Crippen LogP contribution in [0.1, 0.15) is 27.2 Å². The lowest BCUT2D eigenvalue weighted by Crippen LogP contribution is -2.25. The molecule has 0 aromatic rings. The third-order valence-electron chi connectivity index (χ3n) is 1.30. The summed E-state index contributed by atoms with van der Waals surface area (Å²) in [6.07, 6.45) is 0.342. The van der Waals surface area contributed by atoms with Crippen molar-refractivity contribution in [3.63, 3.8) is 0 Å². The first-order valence-corrected chi connectivity index (χ1v) is 5.26. The molecule has 68 valence electrons. The molecule has 0 spiro atoms. The van der Waals surface area contributed by atoms with Crippen molar-refractivity contribution in [2.45, 2.75) is 37.2 Å². The summed E-state index contributed by atoms with van der Waals surface area (Å²) in [5.41, 5.74) is 0. The van der Waals surface area contributed by atoms with Gasteiger partial charge in [0.25, 0.3) is 10.1 Å². The molecule has 0 saturated carbocycles. The van der Waals surface area contributed by atoms with Gasteiger partial charge in [-0.3, -0.25) is 4.55 Å². The van der Waals surface area contributed by atoms with Crippen LogP contribution < -0.4 is 0 Å². The summed E-state index contributed by atoms with van der Waals surface area (Å²) in [5.74, 6) is 0. The van der Waals surface area contributed by atoms with E-state index >= 15 is 0 Å². The molecule has 0 aliphatic carbocycles. The molecule has 11 heavy (non-hydrogen) atoms. The zero-order chi connectivity index (χ0) is 9.28. The molecule has 0 saturated heterocycles. The van der Waals surface area contributed by atoms with Gasteiger partial charge in [0.05, 0.1) is 5.25 Å². The first-order chi connectivity index (χ1) is 4.63. The Hall–Kier alpha value is 0.260. The average molecular weight is 198 g/mol. The van der Waals surface area contributed by atoms with Crippen molar-refractivity contribution in [1.29, 1.82) is 0 Å². The van der Waals surface area contributed by atoms with Crippen molar-refractivity contribution in [2.24, 2.45) is 0 Å². The highest BCUT2D eigenvalue weighted by Crippen LogP contribution is 2.21. The minimum atomic E-state index is -3.88. The van der Waals surface area contributed by atoms with E-state index in [1.807, 2.05) is 0 Å². The van der Waals surface area contributed by atoms with Crippen molar-refractivity contribution in [1.82, 2.24) is 0 Å². The molecule has 0 bridgehead atoms. The highest BCUT2D eigenvalue weighted by Gasteiger charge is 2.24. The fourth-order valence-electron chi connectivity index (χ4n) is 0.809. The molecular weight excluding hydrogens is 184 g/mol. The number of rotatable bonds is 3. The van der Waals surface area contributed by atoms with Gasteiger partial charge in [0.1, 0.15) is 0 Å². The van der Waals surface area contributed by atoms with Crippen LogP contribution >= 0.6 is 12.6 Å². The van der Waals surface area contributed by atoms with Crippen molar-refractivity contribution in [3.8, 4) is 0 Å². The standard InChI is InChI=1S/C6H14O3S2/c1-5(11(7,8)9)4-6(2,3)10/h5,10H,4H2,1-3H3,(H,7,8,9). The van der Waals surface area contributed by atoms with Crippen molar-refractivity contribution in [3.05, 3.63) is 0 Å². The van der Waals surface area contributed by atoms with E-state index < -0.39 is 15.4 Å². The maximum atomic E-state index is 10.5. The van der Waals surface area contributed by atoms with Crippen LogP contribution in [-0.2, 0) is 10.1 Å². The van der Waals surface area contributed by atoms with Crippen LogP contribution in [0.5, 0.6) is 0 Å². The highest BCUT2D eigenvalue weighted by atomic mass is 32.2. The second kappa shape index (κ2) is 3.33. The summed E-state index contributed by atoms with van der Waals surface area (Å²) in [6, 6.07) is 0. The van der Waals surface area contributed by atoms with Gasteiger partial charge in [-0.25, -0.2) is 0 Å². The Morgan fingerprint density at radius 1 is 1.55 bits per heavy atom. The quantitative estimate of drug-likeness (QED) is 0.532. The molecule has 1 atom stereocenters. The van der Waals surface area contributed by atoms with Crippen LogP contribution in [-0.4, -0.2) is 23.0 Å². The Bertz CT molecular complexity index is 212. The van der Waals surface area contributed by atoms with E-state index in [1.165, 1.54) is 6.92 Å².